The fraction of sp³-hybridized carbons (Fsp3) is 0.333. The van der Waals surface area contributed by atoms with Gasteiger partial charge >= 0.3 is 5.69 Å². The van der Waals surface area contributed by atoms with Crippen LogP contribution in [0.25, 0.3) is 0 Å². The minimum Gasteiger partial charge on any atom is -0.473 e. The van der Waals surface area contributed by atoms with Gasteiger partial charge in [-0.05, 0) is 24.1 Å². The highest BCUT2D eigenvalue weighted by Crippen LogP contribution is 2.21. The van der Waals surface area contributed by atoms with E-state index >= 15 is 0 Å². The number of anilines is 1. The van der Waals surface area contributed by atoms with E-state index in [1.54, 1.807) is 10.6 Å². The maximum Gasteiger partial charge on any atom is 0.352 e. The van der Waals surface area contributed by atoms with E-state index in [4.69, 9.17) is 4.74 Å². The molecular formula is C15H15F2N3O2. The molecule has 2 aromatic rings. The van der Waals surface area contributed by atoms with Crippen LogP contribution in [0, 0.1) is 11.6 Å². The molecule has 0 saturated carbocycles. The molecule has 1 aliphatic heterocycles. The highest BCUT2D eigenvalue weighted by atomic mass is 19.2. The molecule has 0 unspecified atom stereocenters. The van der Waals surface area contributed by atoms with Gasteiger partial charge in [-0.2, -0.15) is 4.98 Å². The molecule has 2 heterocycles. The fourth-order valence-electron chi connectivity index (χ4n) is 2.44. The van der Waals surface area contributed by atoms with Crippen LogP contribution in [-0.2, 0) is 13.2 Å². The van der Waals surface area contributed by atoms with E-state index in [0.29, 0.717) is 12.1 Å². The van der Waals surface area contributed by atoms with Crippen LogP contribution in [0.1, 0.15) is 12.0 Å². The summed E-state index contributed by atoms with van der Waals surface area (Å²) in [6, 6.07) is 5.21. The zero-order valence-electron chi connectivity index (χ0n) is 12.1. The van der Waals surface area contributed by atoms with Gasteiger partial charge < -0.3 is 9.64 Å². The van der Waals surface area contributed by atoms with Crippen molar-refractivity contribution in [3.63, 3.8) is 0 Å². The summed E-state index contributed by atoms with van der Waals surface area (Å²) >= 11 is 0. The van der Waals surface area contributed by atoms with Crippen LogP contribution in [0.5, 0.6) is 5.88 Å². The van der Waals surface area contributed by atoms with Crippen molar-refractivity contribution >= 4 is 5.82 Å². The molecule has 0 aliphatic carbocycles. The second-order valence-corrected chi connectivity index (χ2v) is 5.20. The molecule has 0 fully saturated rings. The number of hydrogen-bond donors (Lipinski definition) is 0. The molecule has 0 bridgehead atoms. The van der Waals surface area contributed by atoms with Crippen molar-refractivity contribution in [1.29, 1.82) is 0 Å². The van der Waals surface area contributed by atoms with E-state index in [1.165, 1.54) is 6.07 Å². The zero-order valence-corrected chi connectivity index (χ0v) is 12.1. The van der Waals surface area contributed by atoms with E-state index < -0.39 is 11.6 Å². The van der Waals surface area contributed by atoms with Gasteiger partial charge in [0.1, 0.15) is 12.4 Å². The van der Waals surface area contributed by atoms with Gasteiger partial charge in [0.05, 0.1) is 0 Å². The monoisotopic (exact) mass is 307 g/mol. The quantitative estimate of drug-likeness (QED) is 0.869. The van der Waals surface area contributed by atoms with Crippen molar-refractivity contribution in [1.82, 2.24) is 9.55 Å². The van der Waals surface area contributed by atoms with Crippen molar-refractivity contribution in [3.05, 3.63) is 51.9 Å². The van der Waals surface area contributed by atoms with Crippen LogP contribution in [0.3, 0.4) is 0 Å². The normalized spacial score (nSPS) is 13.9. The molecule has 1 aliphatic rings. The second kappa shape index (κ2) is 5.75. The third kappa shape index (κ3) is 2.79. The maximum absolute atomic E-state index is 13.1. The minimum absolute atomic E-state index is 0.0107. The number of ether oxygens (including phenoxy) is 1. The second-order valence-electron chi connectivity index (χ2n) is 5.20. The summed E-state index contributed by atoms with van der Waals surface area (Å²) in [7, 11) is 1.89. The average molecular weight is 307 g/mol. The molecule has 7 heteroatoms. The molecule has 22 heavy (non-hydrogen) atoms. The van der Waals surface area contributed by atoms with Crippen LogP contribution in [-0.4, -0.2) is 23.1 Å². The fourth-order valence-corrected chi connectivity index (χ4v) is 2.44. The van der Waals surface area contributed by atoms with Gasteiger partial charge in [-0.1, -0.05) is 6.07 Å². The van der Waals surface area contributed by atoms with Crippen molar-refractivity contribution in [3.8, 4) is 5.88 Å². The highest BCUT2D eigenvalue weighted by molar-refractivity contribution is 5.42. The van der Waals surface area contributed by atoms with Gasteiger partial charge in [-0.15, -0.1) is 0 Å². The van der Waals surface area contributed by atoms with Gasteiger partial charge in [0.15, 0.2) is 11.6 Å². The Labute approximate surface area is 125 Å². The Morgan fingerprint density at radius 1 is 1.23 bits per heavy atom. The van der Waals surface area contributed by atoms with Crippen LogP contribution < -0.4 is 15.3 Å². The van der Waals surface area contributed by atoms with E-state index in [2.05, 4.69) is 4.98 Å². The first-order valence-electron chi connectivity index (χ1n) is 6.94. The lowest BCUT2D eigenvalue weighted by Gasteiger charge is -2.28. The Hall–Kier alpha value is -2.44. The van der Waals surface area contributed by atoms with Crippen molar-refractivity contribution in [2.45, 2.75) is 19.6 Å². The summed E-state index contributed by atoms with van der Waals surface area (Å²) < 4.78 is 33.0. The van der Waals surface area contributed by atoms with E-state index in [-0.39, 0.29) is 18.2 Å². The lowest BCUT2D eigenvalue weighted by atomic mass is 10.2. The van der Waals surface area contributed by atoms with Crippen LogP contribution in [0.2, 0.25) is 0 Å². The SMILES string of the molecule is CN1CCCn2c1cc(OCc1ccc(F)c(F)c1)nc2=O. The summed E-state index contributed by atoms with van der Waals surface area (Å²) in [5.74, 6) is -0.920. The molecule has 0 radical (unpaired) electrons. The largest absolute Gasteiger partial charge is 0.473 e. The van der Waals surface area contributed by atoms with Crippen LogP contribution >= 0.6 is 0 Å². The number of rotatable bonds is 3. The van der Waals surface area contributed by atoms with Crippen LogP contribution in [0.4, 0.5) is 14.6 Å². The summed E-state index contributed by atoms with van der Waals surface area (Å²) in [5, 5.41) is 0. The van der Waals surface area contributed by atoms with E-state index in [0.717, 1.165) is 30.9 Å². The third-order valence-corrected chi connectivity index (χ3v) is 3.60. The number of nitrogens with zero attached hydrogens (tertiary/aromatic N) is 3. The molecule has 0 spiro atoms. The molecular weight excluding hydrogens is 292 g/mol. The van der Waals surface area contributed by atoms with Gasteiger partial charge in [0, 0.05) is 26.2 Å². The summed E-state index contributed by atoms with van der Waals surface area (Å²) in [4.78, 5) is 17.8. The lowest BCUT2D eigenvalue weighted by Crippen LogP contribution is -2.36. The molecule has 1 aromatic carbocycles. The van der Waals surface area contributed by atoms with E-state index in [1.807, 2.05) is 11.9 Å². The standard InChI is InChI=1S/C15H15F2N3O2/c1-19-5-2-6-20-14(19)8-13(18-15(20)21)22-9-10-3-4-11(16)12(17)7-10/h3-4,7-8H,2,5-6,9H2,1H3. The topological polar surface area (TPSA) is 47.4 Å². The van der Waals surface area contributed by atoms with Gasteiger partial charge in [0.25, 0.3) is 0 Å². The predicted octanol–water partition coefficient (Wildman–Crippen LogP) is 1.94. The van der Waals surface area contributed by atoms with Crippen molar-refractivity contribution < 1.29 is 13.5 Å². The summed E-state index contributed by atoms with van der Waals surface area (Å²) in [6.45, 7) is 1.50. The van der Waals surface area contributed by atoms with Gasteiger partial charge in [-0.3, -0.25) is 4.57 Å². The molecule has 0 amide bonds. The Morgan fingerprint density at radius 3 is 2.82 bits per heavy atom. The number of hydrogen-bond acceptors (Lipinski definition) is 4. The van der Waals surface area contributed by atoms with Crippen molar-refractivity contribution in [2.75, 3.05) is 18.5 Å². The number of halogens is 2. The Balaban J connectivity index is 1.81. The zero-order chi connectivity index (χ0) is 15.7. The molecule has 0 atom stereocenters. The van der Waals surface area contributed by atoms with Gasteiger partial charge in [-0.25, -0.2) is 13.6 Å². The van der Waals surface area contributed by atoms with Gasteiger partial charge in [0.2, 0.25) is 5.88 Å². The molecule has 0 N–H and O–H groups in total. The highest BCUT2D eigenvalue weighted by Gasteiger charge is 2.17. The Bertz CT molecular complexity index is 761. The first-order chi connectivity index (χ1) is 10.5. The Morgan fingerprint density at radius 2 is 2.05 bits per heavy atom. The summed E-state index contributed by atoms with van der Waals surface area (Å²) in [6.07, 6.45) is 0.889. The maximum atomic E-state index is 13.1. The number of benzene rings is 1. The molecule has 5 nitrogen and oxygen atoms in total. The van der Waals surface area contributed by atoms with Crippen molar-refractivity contribution in [2.24, 2.45) is 0 Å². The first-order valence-corrected chi connectivity index (χ1v) is 6.94. The molecule has 116 valence electrons. The minimum atomic E-state index is -0.931. The Kier molecular flexibility index (Phi) is 3.79. The average Bonchev–Trinajstić information content (AvgIpc) is 2.50. The molecule has 3 rings (SSSR count). The molecule has 0 saturated heterocycles. The van der Waals surface area contributed by atoms with Crippen LogP contribution in [0.15, 0.2) is 29.1 Å². The lowest BCUT2D eigenvalue weighted by molar-refractivity contribution is 0.289. The number of aromatic nitrogens is 2. The molecule has 1 aromatic heterocycles. The predicted molar refractivity (Wildman–Crippen MR) is 77.1 cm³/mol. The number of fused-ring (bicyclic) bond motifs is 1. The smallest absolute Gasteiger partial charge is 0.352 e. The first kappa shape index (κ1) is 14.5. The van der Waals surface area contributed by atoms with E-state index in [9.17, 15) is 13.6 Å². The third-order valence-electron chi connectivity index (χ3n) is 3.60. The summed E-state index contributed by atoms with van der Waals surface area (Å²) in [5.41, 5.74) is 0.0937.